The van der Waals surface area contributed by atoms with E-state index in [1.165, 1.54) is 31.4 Å². The second kappa shape index (κ2) is 12.0. The number of hydrogen-bond donors (Lipinski definition) is 0. The highest BCUT2D eigenvalue weighted by atomic mass is 32.2. The van der Waals surface area contributed by atoms with Crippen molar-refractivity contribution in [3.8, 4) is 0 Å². The fourth-order valence-corrected chi connectivity index (χ4v) is 5.94. The Balaban J connectivity index is 1.58. The first-order valence-corrected chi connectivity index (χ1v) is 14.7. The lowest BCUT2D eigenvalue weighted by Gasteiger charge is -2.24. The maximum atomic E-state index is 13.2. The largest absolute Gasteiger partial charge is 0.365 e. The molecule has 0 bridgehead atoms. The van der Waals surface area contributed by atoms with Crippen LogP contribution in [0.25, 0.3) is 0 Å². The summed E-state index contributed by atoms with van der Waals surface area (Å²) in [6.45, 7) is 3.27. The summed E-state index contributed by atoms with van der Waals surface area (Å²) in [5.74, 6) is 0. The van der Waals surface area contributed by atoms with Crippen LogP contribution < -0.4 is 0 Å². The number of hydrogen-bond acceptors (Lipinski definition) is 9. The molecule has 204 valence electrons. The molecule has 9 nitrogen and oxygen atoms in total. The molecule has 1 fully saturated rings. The second-order valence-corrected chi connectivity index (χ2v) is 12.1. The van der Waals surface area contributed by atoms with Crippen molar-refractivity contribution in [2.45, 2.75) is 54.8 Å². The minimum absolute atomic E-state index is 0.0361. The zero-order valence-corrected chi connectivity index (χ0v) is 22.9. The summed E-state index contributed by atoms with van der Waals surface area (Å²) in [6.07, 6.45) is -4.44. The van der Waals surface area contributed by atoms with Crippen LogP contribution in [0.2, 0.25) is 0 Å². The van der Waals surface area contributed by atoms with Gasteiger partial charge in [-0.25, -0.2) is 0 Å². The molecule has 4 atom stereocenters. The van der Waals surface area contributed by atoms with E-state index in [1.54, 1.807) is 24.3 Å². The predicted molar refractivity (Wildman–Crippen MR) is 138 cm³/mol. The van der Waals surface area contributed by atoms with Gasteiger partial charge in [0, 0.05) is 7.11 Å². The SMILES string of the molecule is COC1OC(COS(=O)(=O)c2ccc(C)cc2)C(OS(=O)(=O)c2ccc(C)cc2)C1OCc1ccccc1. The van der Waals surface area contributed by atoms with Crippen LogP contribution in [-0.2, 0) is 49.4 Å². The first kappa shape index (κ1) is 28.4. The molecule has 0 radical (unpaired) electrons. The van der Waals surface area contributed by atoms with E-state index in [2.05, 4.69) is 0 Å². The summed E-state index contributed by atoms with van der Waals surface area (Å²) < 4.78 is 80.1. The Labute approximate surface area is 223 Å². The van der Waals surface area contributed by atoms with Crippen LogP contribution in [0.4, 0.5) is 0 Å². The van der Waals surface area contributed by atoms with Gasteiger partial charge >= 0.3 is 0 Å². The molecular formula is C27H30O9S2. The highest BCUT2D eigenvalue weighted by molar-refractivity contribution is 7.87. The Bertz CT molecular complexity index is 1410. The molecule has 1 heterocycles. The topological polar surface area (TPSA) is 114 Å². The van der Waals surface area contributed by atoms with Crippen molar-refractivity contribution in [2.75, 3.05) is 13.7 Å². The van der Waals surface area contributed by atoms with Gasteiger partial charge in [-0.1, -0.05) is 65.7 Å². The first-order valence-electron chi connectivity index (χ1n) is 11.9. The minimum atomic E-state index is -4.27. The van der Waals surface area contributed by atoms with E-state index >= 15 is 0 Å². The lowest BCUT2D eigenvalue weighted by molar-refractivity contribution is -0.167. The van der Waals surface area contributed by atoms with Gasteiger partial charge in [0.25, 0.3) is 20.2 Å². The molecule has 4 unspecified atom stereocenters. The van der Waals surface area contributed by atoms with Crippen molar-refractivity contribution in [1.29, 1.82) is 0 Å². The van der Waals surface area contributed by atoms with Crippen molar-refractivity contribution in [3.63, 3.8) is 0 Å². The molecule has 0 amide bonds. The standard InChI is InChI=1S/C27H30O9S2/c1-19-9-13-22(14-10-19)37(28,29)34-18-24-25(36-38(30,31)23-15-11-20(2)12-16-23)26(27(32-3)35-24)33-17-21-7-5-4-6-8-21/h4-16,24-27H,17-18H2,1-3H3. The van der Waals surface area contributed by atoms with Crippen LogP contribution in [0, 0.1) is 13.8 Å². The molecule has 38 heavy (non-hydrogen) atoms. The van der Waals surface area contributed by atoms with Crippen molar-refractivity contribution in [1.82, 2.24) is 0 Å². The van der Waals surface area contributed by atoms with Crippen LogP contribution >= 0.6 is 0 Å². The summed E-state index contributed by atoms with van der Waals surface area (Å²) >= 11 is 0. The third kappa shape index (κ3) is 6.86. The van der Waals surface area contributed by atoms with Crippen molar-refractivity contribution < 1.29 is 39.4 Å². The molecule has 0 aromatic heterocycles. The van der Waals surface area contributed by atoms with E-state index in [1.807, 2.05) is 44.2 Å². The molecule has 0 aliphatic carbocycles. The predicted octanol–water partition coefficient (Wildman–Crippen LogP) is 3.74. The molecule has 1 aliphatic rings. The van der Waals surface area contributed by atoms with Crippen LogP contribution in [0.5, 0.6) is 0 Å². The fourth-order valence-electron chi connectivity index (χ4n) is 3.91. The van der Waals surface area contributed by atoms with Gasteiger partial charge in [0.15, 0.2) is 6.29 Å². The Morgan fingerprint density at radius 2 is 1.29 bits per heavy atom. The van der Waals surface area contributed by atoms with E-state index in [9.17, 15) is 16.8 Å². The summed E-state index contributed by atoms with van der Waals surface area (Å²) in [6, 6.07) is 21.6. The van der Waals surface area contributed by atoms with Gasteiger partial charge in [-0.05, 0) is 43.7 Å². The minimum Gasteiger partial charge on any atom is -0.365 e. The number of rotatable bonds is 11. The van der Waals surface area contributed by atoms with E-state index in [0.29, 0.717) is 0 Å². The molecule has 3 aromatic carbocycles. The van der Waals surface area contributed by atoms with Crippen molar-refractivity contribution in [2.24, 2.45) is 0 Å². The van der Waals surface area contributed by atoms with E-state index in [-0.39, 0.29) is 16.4 Å². The Morgan fingerprint density at radius 1 is 0.737 bits per heavy atom. The third-order valence-corrected chi connectivity index (χ3v) is 8.65. The van der Waals surface area contributed by atoms with Gasteiger partial charge in [0.05, 0.1) is 23.0 Å². The van der Waals surface area contributed by atoms with Crippen LogP contribution in [0.1, 0.15) is 16.7 Å². The molecule has 1 saturated heterocycles. The second-order valence-electron chi connectivity index (χ2n) is 8.92. The van der Waals surface area contributed by atoms with Crippen molar-refractivity contribution in [3.05, 3.63) is 95.6 Å². The summed E-state index contributed by atoms with van der Waals surface area (Å²) in [5.41, 5.74) is 2.60. The van der Waals surface area contributed by atoms with E-state index < -0.39 is 51.4 Å². The number of aryl methyl sites for hydroxylation is 2. The first-order chi connectivity index (χ1) is 18.1. The zero-order valence-electron chi connectivity index (χ0n) is 21.2. The Hall–Kier alpha value is -2.64. The molecule has 0 N–H and O–H groups in total. The van der Waals surface area contributed by atoms with Gasteiger partial charge in [0.1, 0.15) is 18.3 Å². The van der Waals surface area contributed by atoms with Gasteiger partial charge < -0.3 is 14.2 Å². The smallest absolute Gasteiger partial charge is 0.297 e. The van der Waals surface area contributed by atoms with E-state index in [4.69, 9.17) is 22.6 Å². The van der Waals surface area contributed by atoms with Crippen LogP contribution in [0.3, 0.4) is 0 Å². The molecule has 0 spiro atoms. The monoisotopic (exact) mass is 562 g/mol. The van der Waals surface area contributed by atoms with Crippen molar-refractivity contribution >= 4 is 20.2 Å². The molecule has 4 rings (SSSR count). The Morgan fingerprint density at radius 3 is 1.84 bits per heavy atom. The zero-order chi connectivity index (χ0) is 27.3. The third-order valence-electron chi connectivity index (χ3n) is 6.03. The molecule has 0 saturated carbocycles. The molecule has 1 aliphatic heterocycles. The highest BCUT2D eigenvalue weighted by Gasteiger charge is 2.49. The van der Waals surface area contributed by atoms with Gasteiger partial charge in [-0.15, -0.1) is 0 Å². The number of ether oxygens (including phenoxy) is 3. The molecule has 3 aromatic rings. The molecule has 11 heteroatoms. The summed E-state index contributed by atoms with van der Waals surface area (Å²) in [4.78, 5) is -0.0938. The maximum absolute atomic E-state index is 13.2. The number of methoxy groups -OCH3 is 1. The van der Waals surface area contributed by atoms with Crippen LogP contribution in [-0.4, -0.2) is 55.2 Å². The quantitative estimate of drug-likeness (QED) is 0.322. The maximum Gasteiger partial charge on any atom is 0.297 e. The van der Waals surface area contributed by atoms with E-state index in [0.717, 1.165) is 16.7 Å². The summed E-state index contributed by atoms with van der Waals surface area (Å²) in [7, 11) is -7.05. The summed E-state index contributed by atoms with van der Waals surface area (Å²) in [5, 5.41) is 0. The van der Waals surface area contributed by atoms with Crippen LogP contribution in [0.15, 0.2) is 88.7 Å². The average molecular weight is 563 g/mol. The lowest BCUT2D eigenvalue weighted by Crippen LogP contribution is -2.41. The Kier molecular flexibility index (Phi) is 8.99. The number of benzene rings is 3. The van der Waals surface area contributed by atoms with Gasteiger partial charge in [0.2, 0.25) is 0 Å². The highest BCUT2D eigenvalue weighted by Crippen LogP contribution is 2.32. The lowest BCUT2D eigenvalue weighted by atomic mass is 10.1. The van der Waals surface area contributed by atoms with Gasteiger partial charge in [-0.3, -0.25) is 8.37 Å². The fraction of sp³-hybridized carbons (Fsp3) is 0.333. The van der Waals surface area contributed by atoms with Gasteiger partial charge in [-0.2, -0.15) is 16.8 Å². The average Bonchev–Trinajstić information content (AvgIpc) is 3.23. The normalized spacial score (nSPS) is 22.0. The molecular weight excluding hydrogens is 532 g/mol.